The maximum Gasteiger partial charge on any atom is 0.251 e. The van der Waals surface area contributed by atoms with Gasteiger partial charge < -0.3 is 9.32 Å². The van der Waals surface area contributed by atoms with Crippen LogP contribution >= 0.6 is 0 Å². The third kappa shape index (κ3) is 4.07. The van der Waals surface area contributed by atoms with E-state index in [0.717, 1.165) is 38.2 Å². The molecule has 0 unspecified atom stereocenters. The van der Waals surface area contributed by atoms with Gasteiger partial charge in [-0.05, 0) is 25.9 Å². The summed E-state index contributed by atoms with van der Waals surface area (Å²) in [6.07, 6.45) is 2.82. The van der Waals surface area contributed by atoms with Gasteiger partial charge >= 0.3 is 0 Å². The van der Waals surface area contributed by atoms with E-state index in [1.165, 1.54) is 0 Å². The number of hydrogen-bond acceptors (Lipinski definition) is 4. The SMILES string of the molecule is Cc1nc(CN2CCC(C(=O)N3CCC(F)(F)CC3)CC2)co1. The molecule has 2 aliphatic rings. The number of halogens is 2. The van der Waals surface area contributed by atoms with Crippen molar-refractivity contribution in [1.82, 2.24) is 14.8 Å². The number of piperidine rings is 2. The van der Waals surface area contributed by atoms with Gasteiger partial charge in [-0.15, -0.1) is 0 Å². The Bertz CT molecular complexity index is 543. The second-order valence-corrected chi connectivity index (χ2v) is 6.59. The van der Waals surface area contributed by atoms with Gasteiger partial charge in [0.1, 0.15) is 6.26 Å². The van der Waals surface area contributed by atoms with Crippen LogP contribution in [-0.4, -0.2) is 52.8 Å². The summed E-state index contributed by atoms with van der Waals surface area (Å²) in [6.45, 7) is 4.57. The lowest BCUT2D eigenvalue weighted by Gasteiger charge is -2.37. The fraction of sp³-hybridized carbons (Fsp3) is 0.750. The lowest BCUT2D eigenvalue weighted by atomic mass is 9.94. The summed E-state index contributed by atoms with van der Waals surface area (Å²) < 4.78 is 31.6. The number of carbonyl (C=O) groups is 1. The summed E-state index contributed by atoms with van der Waals surface area (Å²) in [6, 6.07) is 0. The minimum atomic E-state index is -2.60. The van der Waals surface area contributed by atoms with Crippen molar-refractivity contribution in [3.63, 3.8) is 0 Å². The first kappa shape index (κ1) is 16.4. The molecular formula is C16H23F2N3O2. The Morgan fingerprint density at radius 2 is 1.96 bits per heavy atom. The molecule has 0 bridgehead atoms. The van der Waals surface area contributed by atoms with Crippen LogP contribution in [0.3, 0.4) is 0 Å². The zero-order valence-corrected chi connectivity index (χ0v) is 13.4. The number of oxazole rings is 1. The molecule has 0 radical (unpaired) electrons. The smallest absolute Gasteiger partial charge is 0.251 e. The number of alkyl halides is 2. The lowest BCUT2D eigenvalue weighted by molar-refractivity contribution is -0.143. The predicted octanol–water partition coefficient (Wildman–Crippen LogP) is 2.45. The normalized spacial score (nSPS) is 23.2. The van der Waals surface area contributed by atoms with Gasteiger partial charge in [-0.25, -0.2) is 13.8 Å². The van der Waals surface area contributed by atoms with Gasteiger partial charge in [0.2, 0.25) is 5.91 Å². The van der Waals surface area contributed by atoms with Crippen molar-refractivity contribution < 1.29 is 18.0 Å². The van der Waals surface area contributed by atoms with Crippen molar-refractivity contribution in [3.05, 3.63) is 17.8 Å². The molecule has 2 aliphatic heterocycles. The van der Waals surface area contributed by atoms with Crippen molar-refractivity contribution in [1.29, 1.82) is 0 Å². The Morgan fingerprint density at radius 3 is 2.52 bits per heavy atom. The van der Waals surface area contributed by atoms with Gasteiger partial charge in [-0.3, -0.25) is 9.69 Å². The molecule has 7 heteroatoms. The number of aromatic nitrogens is 1. The van der Waals surface area contributed by atoms with Gasteiger partial charge in [0.15, 0.2) is 5.89 Å². The Labute approximate surface area is 134 Å². The summed E-state index contributed by atoms with van der Waals surface area (Å²) in [7, 11) is 0. The number of nitrogens with zero attached hydrogens (tertiary/aromatic N) is 3. The fourth-order valence-electron chi connectivity index (χ4n) is 3.36. The second-order valence-electron chi connectivity index (χ2n) is 6.59. The van der Waals surface area contributed by atoms with Gasteiger partial charge in [-0.2, -0.15) is 0 Å². The molecule has 3 heterocycles. The quantitative estimate of drug-likeness (QED) is 0.856. The summed E-state index contributed by atoms with van der Waals surface area (Å²) in [4.78, 5) is 20.6. The van der Waals surface area contributed by atoms with E-state index in [-0.39, 0.29) is 37.8 Å². The molecule has 0 spiro atoms. The number of rotatable bonds is 3. The molecular weight excluding hydrogens is 304 g/mol. The van der Waals surface area contributed by atoms with E-state index in [1.54, 1.807) is 11.2 Å². The van der Waals surface area contributed by atoms with Crippen molar-refractivity contribution >= 4 is 5.91 Å². The first-order chi connectivity index (χ1) is 10.9. The zero-order valence-electron chi connectivity index (χ0n) is 13.4. The van der Waals surface area contributed by atoms with Crippen LogP contribution in [0.2, 0.25) is 0 Å². The topological polar surface area (TPSA) is 49.6 Å². The Hall–Kier alpha value is -1.50. The van der Waals surface area contributed by atoms with E-state index in [2.05, 4.69) is 9.88 Å². The molecule has 2 fully saturated rings. The number of carbonyl (C=O) groups excluding carboxylic acids is 1. The number of likely N-dealkylation sites (tertiary alicyclic amines) is 2. The molecule has 1 amide bonds. The summed E-state index contributed by atoms with van der Waals surface area (Å²) >= 11 is 0. The molecule has 128 valence electrons. The van der Waals surface area contributed by atoms with Crippen LogP contribution in [0.4, 0.5) is 8.78 Å². The Kier molecular flexibility index (Phi) is 4.66. The first-order valence-electron chi connectivity index (χ1n) is 8.23. The van der Waals surface area contributed by atoms with Crippen LogP contribution < -0.4 is 0 Å². The van der Waals surface area contributed by atoms with Crippen LogP contribution in [0, 0.1) is 12.8 Å². The molecule has 1 aromatic heterocycles. The number of aryl methyl sites for hydroxylation is 1. The Morgan fingerprint density at radius 1 is 1.30 bits per heavy atom. The fourth-order valence-corrected chi connectivity index (χ4v) is 3.36. The van der Waals surface area contributed by atoms with Gasteiger partial charge in [0, 0.05) is 45.3 Å². The highest BCUT2D eigenvalue weighted by molar-refractivity contribution is 5.79. The second kappa shape index (κ2) is 6.55. The van der Waals surface area contributed by atoms with E-state index in [9.17, 15) is 13.6 Å². The average molecular weight is 327 g/mol. The van der Waals surface area contributed by atoms with Crippen LogP contribution in [0.1, 0.15) is 37.3 Å². The standard InChI is InChI=1S/C16H23F2N3O2/c1-12-19-14(11-23-12)10-20-6-2-13(3-7-20)15(22)21-8-4-16(17,18)5-9-21/h11,13H,2-10H2,1H3. The third-order valence-corrected chi connectivity index (χ3v) is 4.80. The van der Waals surface area contributed by atoms with Crippen LogP contribution in [-0.2, 0) is 11.3 Å². The summed E-state index contributed by atoms with van der Waals surface area (Å²) in [5, 5.41) is 0. The van der Waals surface area contributed by atoms with Crippen molar-refractivity contribution in [2.24, 2.45) is 5.92 Å². The van der Waals surface area contributed by atoms with E-state index in [0.29, 0.717) is 5.89 Å². The van der Waals surface area contributed by atoms with Crippen LogP contribution in [0.5, 0.6) is 0 Å². The largest absolute Gasteiger partial charge is 0.449 e. The lowest BCUT2D eigenvalue weighted by Crippen LogP contribution is -2.47. The predicted molar refractivity (Wildman–Crippen MR) is 80.0 cm³/mol. The highest BCUT2D eigenvalue weighted by Gasteiger charge is 2.37. The van der Waals surface area contributed by atoms with Gasteiger partial charge in [0.25, 0.3) is 5.92 Å². The summed E-state index contributed by atoms with van der Waals surface area (Å²) in [5.41, 5.74) is 0.908. The van der Waals surface area contributed by atoms with Gasteiger partial charge in [-0.1, -0.05) is 0 Å². The van der Waals surface area contributed by atoms with Crippen LogP contribution in [0.15, 0.2) is 10.7 Å². The van der Waals surface area contributed by atoms with E-state index in [1.807, 2.05) is 6.92 Å². The molecule has 2 saturated heterocycles. The van der Waals surface area contributed by atoms with Crippen molar-refractivity contribution in [3.8, 4) is 0 Å². The van der Waals surface area contributed by atoms with E-state index < -0.39 is 5.92 Å². The van der Waals surface area contributed by atoms with Gasteiger partial charge in [0.05, 0.1) is 5.69 Å². The molecule has 0 aromatic carbocycles. The molecule has 5 nitrogen and oxygen atoms in total. The maximum atomic E-state index is 13.2. The molecule has 0 aliphatic carbocycles. The average Bonchev–Trinajstić information content (AvgIpc) is 2.92. The molecule has 0 atom stereocenters. The minimum Gasteiger partial charge on any atom is -0.449 e. The molecule has 1 aromatic rings. The highest BCUT2D eigenvalue weighted by Crippen LogP contribution is 2.29. The first-order valence-corrected chi connectivity index (χ1v) is 8.23. The molecule has 0 N–H and O–H groups in total. The molecule has 3 rings (SSSR count). The van der Waals surface area contributed by atoms with E-state index in [4.69, 9.17) is 4.42 Å². The zero-order chi connectivity index (χ0) is 16.4. The number of amides is 1. The van der Waals surface area contributed by atoms with E-state index >= 15 is 0 Å². The van der Waals surface area contributed by atoms with Crippen molar-refractivity contribution in [2.75, 3.05) is 26.2 Å². The van der Waals surface area contributed by atoms with Crippen molar-refractivity contribution in [2.45, 2.75) is 45.1 Å². The molecule has 23 heavy (non-hydrogen) atoms. The summed E-state index contributed by atoms with van der Waals surface area (Å²) in [5.74, 6) is -1.92. The third-order valence-electron chi connectivity index (χ3n) is 4.80. The number of hydrogen-bond donors (Lipinski definition) is 0. The highest BCUT2D eigenvalue weighted by atomic mass is 19.3. The Balaban J connectivity index is 1.46. The van der Waals surface area contributed by atoms with Crippen LogP contribution in [0.25, 0.3) is 0 Å². The monoisotopic (exact) mass is 327 g/mol. The minimum absolute atomic E-state index is 0.0305. The maximum absolute atomic E-state index is 13.2. The molecule has 0 saturated carbocycles.